The zero-order valence-electron chi connectivity index (χ0n) is 16.1. The maximum atomic E-state index is 12.6. The van der Waals surface area contributed by atoms with E-state index < -0.39 is 0 Å². The molecule has 0 aliphatic carbocycles. The number of anilines is 1. The van der Waals surface area contributed by atoms with Crippen LogP contribution in [0, 0.1) is 5.92 Å². The van der Waals surface area contributed by atoms with Gasteiger partial charge < -0.3 is 19.5 Å². The number of fused-ring (bicyclic) bond motifs is 1. The Morgan fingerprint density at radius 2 is 2.04 bits per heavy atom. The molecule has 2 aromatic rings. The van der Waals surface area contributed by atoms with E-state index in [1.54, 1.807) is 12.0 Å². The highest BCUT2D eigenvalue weighted by Gasteiger charge is 2.35. The number of hydrogen-bond acceptors (Lipinski definition) is 5. The summed E-state index contributed by atoms with van der Waals surface area (Å²) in [5.74, 6) is 2.01. The predicted octanol–water partition coefficient (Wildman–Crippen LogP) is 1.68. The van der Waals surface area contributed by atoms with Crippen molar-refractivity contribution in [3.63, 3.8) is 0 Å². The largest absolute Gasteiger partial charge is 0.497 e. The van der Waals surface area contributed by atoms with Crippen LogP contribution in [0.2, 0.25) is 0 Å². The average Bonchev–Trinajstić information content (AvgIpc) is 3.21. The van der Waals surface area contributed by atoms with Crippen LogP contribution in [0.5, 0.6) is 5.75 Å². The molecule has 1 aromatic heterocycles. The molecule has 2 amide bonds. The number of aromatic nitrogens is 3. The monoisotopic (exact) mass is 383 g/mol. The number of amides is 2. The zero-order valence-corrected chi connectivity index (χ0v) is 16.1. The third-order valence-electron chi connectivity index (χ3n) is 5.49. The van der Waals surface area contributed by atoms with Gasteiger partial charge in [0.1, 0.15) is 11.6 Å². The van der Waals surface area contributed by atoms with Crippen molar-refractivity contribution in [2.75, 3.05) is 18.6 Å². The van der Waals surface area contributed by atoms with Crippen LogP contribution in [0.3, 0.4) is 0 Å². The van der Waals surface area contributed by atoms with Crippen LogP contribution in [-0.4, -0.2) is 40.2 Å². The highest BCUT2D eigenvalue weighted by Crippen LogP contribution is 2.27. The number of hydrogen-bond donors (Lipinski definition) is 1. The van der Waals surface area contributed by atoms with Gasteiger partial charge in [-0.25, -0.2) is 0 Å². The van der Waals surface area contributed by atoms with E-state index in [2.05, 4.69) is 20.1 Å². The minimum absolute atomic E-state index is 0.0401. The number of carbonyl (C=O) groups excluding carboxylic acids is 2. The van der Waals surface area contributed by atoms with E-state index >= 15 is 0 Å². The Morgan fingerprint density at radius 1 is 1.21 bits per heavy atom. The number of rotatable bonds is 5. The standard InChI is InChI=1S/C20H25N5O3/c1-28-16-8-6-15(7-9-16)25-13-14(11-19(25)26)20(27)21-12-18-23-22-17-5-3-2-4-10-24(17)18/h6-9,14H,2-5,10-13H2,1H3,(H,21,27). The number of benzene rings is 1. The van der Waals surface area contributed by atoms with Crippen LogP contribution in [0.15, 0.2) is 24.3 Å². The lowest BCUT2D eigenvalue weighted by Crippen LogP contribution is -2.33. The Labute approximate surface area is 163 Å². The van der Waals surface area contributed by atoms with Gasteiger partial charge in [0.05, 0.1) is 19.6 Å². The second-order valence-corrected chi connectivity index (χ2v) is 7.32. The molecule has 28 heavy (non-hydrogen) atoms. The number of nitrogens with zero attached hydrogens (tertiary/aromatic N) is 4. The van der Waals surface area contributed by atoms with Gasteiger partial charge in [-0.1, -0.05) is 6.42 Å². The summed E-state index contributed by atoms with van der Waals surface area (Å²) in [5, 5.41) is 11.4. The van der Waals surface area contributed by atoms with E-state index in [1.165, 1.54) is 6.42 Å². The summed E-state index contributed by atoms with van der Waals surface area (Å²) >= 11 is 0. The quantitative estimate of drug-likeness (QED) is 0.849. The Balaban J connectivity index is 1.36. The second kappa shape index (κ2) is 8.00. The number of methoxy groups -OCH3 is 1. The number of ether oxygens (including phenoxy) is 1. The number of carbonyl (C=O) groups is 2. The van der Waals surface area contributed by atoms with Gasteiger partial charge in [0, 0.05) is 31.6 Å². The van der Waals surface area contributed by atoms with Crippen molar-refractivity contribution < 1.29 is 14.3 Å². The molecule has 2 aliphatic heterocycles. The van der Waals surface area contributed by atoms with Gasteiger partial charge in [0.15, 0.2) is 5.82 Å². The van der Waals surface area contributed by atoms with Gasteiger partial charge >= 0.3 is 0 Å². The summed E-state index contributed by atoms with van der Waals surface area (Å²) in [5.41, 5.74) is 0.781. The van der Waals surface area contributed by atoms with Gasteiger partial charge in [-0.15, -0.1) is 10.2 Å². The van der Waals surface area contributed by atoms with E-state index in [4.69, 9.17) is 4.74 Å². The van der Waals surface area contributed by atoms with Crippen LogP contribution in [-0.2, 0) is 29.1 Å². The lowest BCUT2D eigenvalue weighted by molar-refractivity contribution is -0.126. The number of aryl methyl sites for hydroxylation is 1. The summed E-state index contributed by atoms with van der Waals surface area (Å²) < 4.78 is 7.27. The minimum atomic E-state index is -0.360. The molecule has 8 nitrogen and oxygen atoms in total. The van der Waals surface area contributed by atoms with Crippen molar-refractivity contribution in [1.29, 1.82) is 0 Å². The van der Waals surface area contributed by atoms with Crippen molar-refractivity contribution in [3.8, 4) is 5.75 Å². The Bertz CT molecular complexity index is 861. The molecule has 1 saturated heterocycles. The summed E-state index contributed by atoms with van der Waals surface area (Å²) in [7, 11) is 1.60. The normalized spacial score (nSPS) is 19.2. The van der Waals surface area contributed by atoms with Crippen molar-refractivity contribution in [3.05, 3.63) is 35.9 Å². The van der Waals surface area contributed by atoms with E-state index in [1.807, 2.05) is 24.3 Å². The molecule has 0 radical (unpaired) electrons. The van der Waals surface area contributed by atoms with Crippen LogP contribution < -0.4 is 15.0 Å². The molecular weight excluding hydrogens is 358 g/mol. The first-order valence-corrected chi connectivity index (χ1v) is 9.79. The third kappa shape index (κ3) is 3.72. The van der Waals surface area contributed by atoms with Crippen molar-refractivity contribution in [2.45, 2.75) is 45.2 Å². The Morgan fingerprint density at radius 3 is 2.82 bits per heavy atom. The molecule has 4 rings (SSSR count). The summed E-state index contributed by atoms with van der Waals surface area (Å²) in [4.78, 5) is 26.7. The Kier molecular flexibility index (Phi) is 5.27. The maximum Gasteiger partial charge on any atom is 0.227 e. The fraction of sp³-hybridized carbons (Fsp3) is 0.500. The van der Waals surface area contributed by atoms with Gasteiger partial charge in [-0.2, -0.15) is 0 Å². The minimum Gasteiger partial charge on any atom is -0.497 e. The first-order valence-electron chi connectivity index (χ1n) is 9.79. The molecule has 1 fully saturated rings. The molecule has 8 heteroatoms. The lowest BCUT2D eigenvalue weighted by atomic mass is 10.1. The highest BCUT2D eigenvalue weighted by molar-refractivity contribution is 6.00. The van der Waals surface area contributed by atoms with Crippen molar-refractivity contribution >= 4 is 17.5 Å². The average molecular weight is 383 g/mol. The van der Waals surface area contributed by atoms with E-state index in [-0.39, 0.29) is 24.2 Å². The summed E-state index contributed by atoms with van der Waals surface area (Å²) in [6, 6.07) is 7.30. The highest BCUT2D eigenvalue weighted by atomic mass is 16.5. The van der Waals surface area contributed by atoms with Gasteiger partial charge in [-0.3, -0.25) is 9.59 Å². The van der Waals surface area contributed by atoms with Gasteiger partial charge in [0.25, 0.3) is 0 Å². The first kappa shape index (κ1) is 18.5. The molecule has 0 saturated carbocycles. The van der Waals surface area contributed by atoms with Crippen LogP contribution >= 0.6 is 0 Å². The van der Waals surface area contributed by atoms with Crippen molar-refractivity contribution in [2.24, 2.45) is 5.92 Å². The van der Waals surface area contributed by atoms with E-state index in [0.29, 0.717) is 13.1 Å². The SMILES string of the molecule is COc1ccc(N2CC(C(=O)NCc3nnc4n3CCCCC4)CC2=O)cc1. The van der Waals surface area contributed by atoms with Gasteiger partial charge in [0.2, 0.25) is 11.8 Å². The number of nitrogens with one attached hydrogen (secondary N) is 1. The van der Waals surface area contributed by atoms with Crippen molar-refractivity contribution in [1.82, 2.24) is 20.1 Å². The molecule has 0 spiro atoms. The topological polar surface area (TPSA) is 89.3 Å². The zero-order chi connectivity index (χ0) is 19.5. The molecule has 1 atom stereocenters. The molecule has 0 bridgehead atoms. The van der Waals surface area contributed by atoms with Crippen LogP contribution in [0.4, 0.5) is 5.69 Å². The van der Waals surface area contributed by atoms with Crippen LogP contribution in [0.25, 0.3) is 0 Å². The fourth-order valence-electron chi connectivity index (χ4n) is 3.88. The lowest BCUT2D eigenvalue weighted by Gasteiger charge is -2.17. The molecule has 148 valence electrons. The Hall–Kier alpha value is -2.90. The molecule has 1 aromatic carbocycles. The molecular formula is C20H25N5O3. The summed E-state index contributed by atoms with van der Waals surface area (Å²) in [6.45, 7) is 1.63. The molecule has 3 heterocycles. The van der Waals surface area contributed by atoms with Crippen LogP contribution in [0.1, 0.15) is 37.3 Å². The molecule has 1 N–H and O–H groups in total. The third-order valence-corrected chi connectivity index (χ3v) is 5.49. The summed E-state index contributed by atoms with van der Waals surface area (Å²) in [6.07, 6.45) is 4.60. The smallest absolute Gasteiger partial charge is 0.227 e. The van der Waals surface area contributed by atoms with E-state index in [0.717, 1.165) is 48.9 Å². The predicted molar refractivity (Wildman–Crippen MR) is 103 cm³/mol. The fourth-order valence-corrected chi connectivity index (χ4v) is 3.88. The maximum absolute atomic E-state index is 12.6. The molecule has 1 unspecified atom stereocenters. The molecule has 2 aliphatic rings. The second-order valence-electron chi connectivity index (χ2n) is 7.32. The van der Waals surface area contributed by atoms with Gasteiger partial charge in [-0.05, 0) is 37.1 Å². The first-order chi connectivity index (χ1) is 13.7. The van der Waals surface area contributed by atoms with E-state index in [9.17, 15) is 9.59 Å².